The van der Waals surface area contributed by atoms with Gasteiger partial charge in [0.2, 0.25) is 11.4 Å². The molecule has 25 heavy (non-hydrogen) atoms. The van der Waals surface area contributed by atoms with Crippen molar-refractivity contribution in [1.29, 1.82) is 0 Å². The number of amides is 3. The number of β-lactam (4-membered cyclic amide) rings is 1. The average Bonchev–Trinajstić information content (AvgIpc) is 2.76. The van der Waals surface area contributed by atoms with Gasteiger partial charge >= 0.3 is 0 Å². The van der Waals surface area contributed by atoms with E-state index in [1.165, 1.54) is 9.80 Å². The minimum atomic E-state index is -1.68. The maximum Gasteiger partial charge on any atom is 0.268 e. The van der Waals surface area contributed by atoms with Gasteiger partial charge in [0.1, 0.15) is 0 Å². The highest BCUT2D eigenvalue weighted by atomic mass is 16.2. The number of likely N-dealkylation sites (tertiary alicyclic amines) is 1. The van der Waals surface area contributed by atoms with Crippen LogP contribution in [0.3, 0.4) is 0 Å². The molecule has 0 radical (unpaired) electrons. The molecule has 3 amide bonds. The lowest BCUT2D eigenvalue weighted by molar-refractivity contribution is -0.163. The van der Waals surface area contributed by atoms with Crippen LogP contribution >= 0.6 is 0 Å². The first-order chi connectivity index (χ1) is 11.7. The number of hydrogen-bond acceptors (Lipinski definition) is 3. The quantitative estimate of drug-likeness (QED) is 0.508. The van der Waals surface area contributed by atoms with E-state index in [9.17, 15) is 14.4 Å². The maximum absolute atomic E-state index is 13.4. The number of carbonyl (C=O) groups excluding carboxylic acids is 3. The third kappa shape index (κ3) is 2.39. The highest BCUT2D eigenvalue weighted by Crippen LogP contribution is 2.46. The van der Waals surface area contributed by atoms with Gasteiger partial charge in [0.15, 0.2) is 0 Å². The lowest BCUT2D eigenvalue weighted by Gasteiger charge is -2.44. The van der Waals surface area contributed by atoms with E-state index in [0.717, 1.165) is 0 Å². The van der Waals surface area contributed by atoms with Crippen LogP contribution in [0.2, 0.25) is 0 Å². The van der Waals surface area contributed by atoms with Crippen molar-refractivity contribution in [2.45, 2.75) is 38.3 Å². The molecule has 0 spiro atoms. The van der Waals surface area contributed by atoms with Crippen molar-refractivity contribution in [3.63, 3.8) is 0 Å². The molecule has 130 valence electrons. The van der Waals surface area contributed by atoms with Gasteiger partial charge in [0.25, 0.3) is 11.8 Å². The topological polar surface area (TPSA) is 69.7 Å². The molecule has 3 rings (SSSR count). The second-order valence-corrected chi connectivity index (χ2v) is 7.32. The van der Waals surface area contributed by atoms with E-state index >= 15 is 0 Å². The lowest BCUT2D eigenvalue weighted by Crippen LogP contribution is -2.68. The van der Waals surface area contributed by atoms with Crippen molar-refractivity contribution in [2.75, 3.05) is 18.0 Å². The zero-order valence-electron chi connectivity index (χ0n) is 14.6. The van der Waals surface area contributed by atoms with Gasteiger partial charge in [-0.15, -0.1) is 6.42 Å². The molecule has 2 aliphatic rings. The Labute approximate surface area is 147 Å². The Morgan fingerprint density at radius 3 is 2.52 bits per heavy atom. The molecule has 1 aromatic rings. The molecule has 1 N–H and O–H groups in total. The molecule has 1 unspecified atom stereocenters. The molecule has 1 atom stereocenters. The Kier molecular flexibility index (Phi) is 3.83. The molecule has 6 heteroatoms. The van der Waals surface area contributed by atoms with Crippen molar-refractivity contribution in [3.05, 3.63) is 29.8 Å². The van der Waals surface area contributed by atoms with Crippen LogP contribution in [-0.4, -0.2) is 41.2 Å². The SMILES string of the molecule is C#CCN1C(=O)C(C(=O)NC(C)(C)C)(N2CCC2=O)c2ccccc21. The summed E-state index contributed by atoms with van der Waals surface area (Å²) in [5.74, 6) is 1.28. The fraction of sp³-hybridized carbons (Fsp3) is 0.421. The van der Waals surface area contributed by atoms with Crippen LogP contribution in [0.4, 0.5) is 5.69 Å². The lowest BCUT2D eigenvalue weighted by atomic mass is 9.84. The van der Waals surface area contributed by atoms with Crippen molar-refractivity contribution < 1.29 is 14.4 Å². The van der Waals surface area contributed by atoms with E-state index in [2.05, 4.69) is 11.2 Å². The number of carbonyl (C=O) groups is 3. The molecule has 0 bridgehead atoms. The predicted molar refractivity (Wildman–Crippen MR) is 93.5 cm³/mol. The smallest absolute Gasteiger partial charge is 0.268 e. The Hall–Kier alpha value is -2.81. The summed E-state index contributed by atoms with van der Waals surface area (Å²) in [6.45, 7) is 5.91. The highest BCUT2D eigenvalue weighted by Gasteiger charge is 2.63. The predicted octanol–water partition coefficient (Wildman–Crippen LogP) is 1.01. The van der Waals surface area contributed by atoms with Crippen LogP contribution in [0.5, 0.6) is 0 Å². The van der Waals surface area contributed by atoms with Crippen LogP contribution in [0.1, 0.15) is 32.8 Å². The number of terminal acetylenes is 1. The fourth-order valence-electron chi connectivity index (χ4n) is 3.39. The number of anilines is 1. The van der Waals surface area contributed by atoms with Crippen LogP contribution in [-0.2, 0) is 19.9 Å². The van der Waals surface area contributed by atoms with Gasteiger partial charge in [-0.1, -0.05) is 24.1 Å². The fourth-order valence-corrected chi connectivity index (χ4v) is 3.39. The van der Waals surface area contributed by atoms with Crippen molar-refractivity contribution in [3.8, 4) is 12.3 Å². The van der Waals surface area contributed by atoms with E-state index in [4.69, 9.17) is 6.42 Å². The minimum Gasteiger partial charge on any atom is -0.349 e. The summed E-state index contributed by atoms with van der Waals surface area (Å²) in [7, 11) is 0. The summed E-state index contributed by atoms with van der Waals surface area (Å²) < 4.78 is 0. The molecular formula is C19H21N3O3. The highest BCUT2D eigenvalue weighted by molar-refractivity contribution is 6.23. The summed E-state index contributed by atoms with van der Waals surface area (Å²) in [5.41, 5.74) is -1.15. The standard InChI is InChI=1S/C19H21N3O3/c1-5-11-21-14-9-7-6-8-13(14)19(17(21)25,22-12-10-15(22)23)16(24)20-18(2,3)4/h1,6-9H,10-12H2,2-4H3,(H,20,24). The molecule has 1 saturated heterocycles. The van der Waals surface area contributed by atoms with E-state index in [1.807, 2.05) is 20.8 Å². The van der Waals surface area contributed by atoms with E-state index < -0.39 is 22.9 Å². The van der Waals surface area contributed by atoms with Crippen LogP contribution in [0.15, 0.2) is 24.3 Å². The number of nitrogens with one attached hydrogen (secondary N) is 1. The van der Waals surface area contributed by atoms with Gasteiger partial charge in [-0.05, 0) is 26.8 Å². The third-order valence-electron chi connectivity index (χ3n) is 4.46. The number of benzene rings is 1. The van der Waals surface area contributed by atoms with Crippen LogP contribution < -0.4 is 10.2 Å². The van der Waals surface area contributed by atoms with E-state index in [0.29, 0.717) is 24.2 Å². The summed E-state index contributed by atoms with van der Waals surface area (Å²) in [6, 6.07) is 7.01. The van der Waals surface area contributed by atoms with Gasteiger partial charge < -0.3 is 10.2 Å². The molecule has 2 heterocycles. The number of para-hydroxylation sites is 1. The van der Waals surface area contributed by atoms with Gasteiger partial charge in [0.05, 0.1) is 12.2 Å². The zero-order chi connectivity index (χ0) is 18.4. The summed E-state index contributed by atoms with van der Waals surface area (Å²) in [6.07, 6.45) is 5.75. The van der Waals surface area contributed by atoms with Gasteiger partial charge in [-0.25, -0.2) is 0 Å². The third-order valence-corrected chi connectivity index (χ3v) is 4.46. The Morgan fingerprint density at radius 1 is 1.32 bits per heavy atom. The molecule has 0 saturated carbocycles. The first kappa shape index (κ1) is 17.0. The average molecular weight is 339 g/mol. The minimum absolute atomic E-state index is 0.0441. The number of rotatable bonds is 3. The van der Waals surface area contributed by atoms with Gasteiger partial charge in [-0.2, -0.15) is 0 Å². The van der Waals surface area contributed by atoms with Crippen molar-refractivity contribution in [2.24, 2.45) is 0 Å². The van der Waals surface area contributed by atoms with Crippen molar-refractivity contribution in [1.82, 2.24) is 10.2 Å². The normalized spacial score (nSPS) is 22.3. The van der Waals surface area contributed by atoms with Gasteiger partial charge in [-0.3, -0.25) is 19.3 Å². The molecule has 1 aromatic carbocycles. The Balaban J connectivity index is 2.21. The summed E-state index contributed by atoms with van der Waals surface area (Å²) >= 11 is 0. The molecule has 6 nitrogen and oxygen atoms in total. The number of fused-ring (bicyclic) bond motifs is 1. The second kappa shape index (κ2) is 5.62. The molecule has 0 aromatic heterocycles. The van der Waals surface area contributed by atoms with E-state index in [1.54, 1.807) is 24.3 Å². The Morgan fingerprint density at radius 2 is 2.00 bits per heavy atom. The monoisotopic (exact) mass is 339 g/mol. The molecular weight excluding hydrogens is 318 g/mol. The maximum atomic E-state index is 13.4. The second-order valence-electron chi connectivity index (χ2n) is 7.32. The molecule has 1 fully saturated rings. The van der Waals surface area contributed by atoms with Crippen LogP contribution in [0, 0.1) is 12.3 Å². The first-order valence-corrected chi connectivity index (χ1v) is 8.21. The summed E-state index contributed by atoms with van der Waals surface area (Å²) in [5, 5.41) is 2.87. The summed E-state index contributed by atoms with van der Waals surface area (Å²) in [4.78, 5) is 41.7. The van der Waals surface area contributed by atoms with Crippen LogP contribution in [0.25, 0.3) is 0 Å². The molecule has 0 aliphatic carbocycles. The van der Waals surface area contributed by atoms with E-state index in [-0.39, 0.29) is 12.5 Å². The van der Waals surface area contributed by atoms with Gasteiger partial charge in [0, 0.05) is 24.1 Å². The zero-order valence-corrected chi connectivity index (χ0v) is 14.6. The Bertz CT molecular complexity index is 803. The number of nitrogens with zero attached hydrogens (tertiary/aromatic N) is 2. The molecule has 2 aliphatic heterocycles. The van der Waals surface area contributed by atoms with Crippen molar-refractivity contribution >= 4 is 23.4 Å². The first-order valence-electron chi connectivity index (χ1n) is 8.21. The largest absolute Gasteiger partial charge is 0.349 e. The number of hydrogen-bond donors (Lipinski definition) is 1.